The lowest BCUT2D eigenvalue weighted by Gasteiger charge is -2.12. The van der Waals surface area contributed by atoms with Gasteiger partial charge in [-0.2, -0.15) is 13.2 Å². The van der Waals surface area contributed by atoms with Crippen molar-refractivity contribution >= 4 is 22.5 Å². The van der Waals surface area contributed by atoms with Crippen molar-refractivity contribution in [2.45, 2.75) is 13.1 Å². The second kappa shape index (κ2) is 5.25. The summed E-state index contributed by atoms with van der Waals surface area (Å²) in [5.41, 5.74) is 1.74. The van der Waals surface area contributed by atoms with E-state index < -0.39 is 11.7 Å². The second-order valence-electron chi connectivity index (χ2n) is 4.87. The smallest absolute Gasteiger partial charge is 0.256 e. The topological polar surface area (TPSA) is 25.8 Å². The van der Waals surface area contributed by atoms with Crippen molar-refractivity contribution in [2.75, 3.05) is 0 Å². The third-order valence-electron chi connectivity index (χ3n) is 3.47. The fourth-order valence-electron chi connectivity index (χ4n) is 2.31. The Morgan fingerprint density at radius 3 is 2.45 bits per heavy atom. The Labute approximate surface area is 129 Å². The average molecular weight is 323 g/mol. The molecular weight excluding hydrogens is 313 g/mol. The predicted molar refractivity (Wildman–Crippen MR) is 79.7 cm³/mol. The molecule has 0 aliphatic heterocycles. The SMILES string of the molecule is Cc1c(-c2ncc(C(F)(F)F)cc2Cl)cnc2ccccc12. The zero-order valence-electron chi connectivity index (χ0n) is 11.4. The van der Waals surface area contributed by atoms with E-state index in [-0.39, 0.29) is 5.02 Å². The molecule has 22 heavy (non-hydrogen) atoms. The summed E-state index contributed by atoms with van der Waals surface area (Å²) in [6.07, 6.45) is -2.10. The summed E-state index contributed by atoms with van der Waals surface area (Å²) in [5.74, 6) is 0. The monoisotopic (exact) mass is 322 g/mol. The summed E-state index contributed by atoms with van der Waals surface area (Å²) in [5, 5.41) is 0.868. The van der Waals surface area contributed by atoms with Gasteiger partial charge < -0.3 is 0 Å². The number of alkyl halides is 3. The van der Waals surface area contributed by atoms with E-state index in [0.717, 1.165) is 28.7 Å². The number of rotatable bonds is 1. The van der Waals surface area contributed by atoms with Crippen molar-refractivity contribution in [2.24, 2.45) is 0 Å². The Kier molecular flexibility index (Phi) is 3.53. The lowest BCUT2D eigenvalue weighted by Crippen LogP contribution is -2.06. The molecule has 2 aromatic heterocycles. The summed E-state index contributed by atoms with van der Waals surface area (Å²) in [6.45, 7) is 1.87. The van der Waals surface area contributed by atoms with E-state index in [0.29, 0.717) is 11.3 Å². The van der Waals surface area contributed by atoms with Crippen LogP contribution in [0.15, 0.2) is 42.7 Å². The largest absolute Gasteiger partial charge is 0.417 e. The molecular formula is C16H10ClF3N2. The highest BCUT2D eigenvalue weighted by atomic mass is 35.5. The van der Waals surface area contributed by atoms with Crippen molar-refractivity contribution in [3.8, 4) is 11.3 Å². The van der Waals surface area contributed by atoms with E-state index >= 15 is 0 Å². The minimum Gasteiger partial charge on any atom is -0.256 e. The van der Waals surface area contributed by atoms with Crippen molar-refractivity contribution in [1.29, 1.82) is 0 Å². The summed E-state index contributed by atoms with van der Waals surface area (Å²) >= 11 is 6.00. The van der Waals surface area contributed by atoms with Crippen LogP contribution >= 0.6 is 11.6 Å². The van der Waals surface area contributed by atoms with Gasteiger partial charge in [-0.15, -0.1) is 0 Å². The molecule has 0 saturated heterocycles. The van der Waals surface area contributed by atoms with Crippen LogP contribution in [0.4, 0.5) is 13.2 Å². The molecule has 3 aromatic rings. The highest BCUT2D eigenvalue weighted by Gasteiger charge is 2.31. The third kappa shape index (κ3) is 2.52. The molecule has 0 unspecified atom stereocenters. The number of fused-ring (bicyclic) bond motifs is 1. The van der Waals surface area contributed by atoms with Gasteiger partial charge in [0.05, 0.1) is 21.8 Å². The van der Waals surface area contributed by atoms with Gasteiger partial charge in [0, 0.05) is 23.3 Å². The zero-order valence-corrected chi connectivity index (χ0v) is 12.2. The first-order valence-electron chi connectivity index (χ1n) is 6.45. The number of aromatic nitrogens is 2. The summed E-state index contributed by atoms with van der Waals surface area (Å²) < 4.78 is 38.0. The third-order valence-corrected chi connectivity index (χ3v) is 3.76. The van der Waals surface area contributed by atoms with Gasteiger partial charge in [-0.1, -0.05) is 29.8 Å². The van der Waals surface area contributed by atoms with E-state index in [2.05, 4.69) is 9.97 Å². The van der Waals surface area contributed by atoms with E-state index in [1.165, 1.54) is 0 Å². The number of halogens is 4. The van der Waals surface area contributed by atoms with Gasteiger partial charge in [-0.3, -0.25) is 9.97 Å². The van der Waals surface area contributed by atoms with Crippen LogP contribution in [-0.2, 0) is 6.18 Å². The molecule has 0 fully saturated rings. The zero-order chi connectivity index (χ0) is 15.9. The fourth-order valence-corrected chi connectivity index (χ4v) is 2.58. The number of benzene rings is 1. The quantitative estimate of drug-likeness (QED) is 0.609. The number of hydrogen-bond acceptors (Lipinski definition) is 2. The molecule has 0 atom stereocenters. The van der Waals surface area contributed by atoms with Crippen molar-refractivity contribution in [3.05, 3.63) is 58.9 Å². The van der Waals surface area contributed by atoms with Gasteiger partial charge >= 0.3 is 6.18 Å². The van der Waals surface area contributed by atoms with Crippen LogP contribution in [-0.4, -0.2) is 9.97 Å². The molecule has 1 aromatic carbocycles. The first kappa shape index (κ1) is 14.8. The van der Waals surface area contributed by atoms with Crippen LogP contribution in [0.5, 0.6) is 0 Å². The number of nitrogens with zero attached hydrogens (tertiary/aromatic N) is 2. The number of aryl methyl sites for hydroxylation is 1. The average Bonchev–Trinajstić information content (AvgIpc) is 2.47. The molecule has 0 aliphatic rings. The first-order valence-corrected chi connectivity index (χ1v) is 6.83. The van der Waals surface area contributed by atoms with E-state index in [1.54, 1.807) is 6.20 Å². The molecule has 0 aliphatic carbocycles. The van der Waals surface area contributed by atoms with Crippen LogP contribution in [0, 0.1) is 6.92 Å². The van der Waals surface area contributed by atoms with Gasteiger partial charge in [0.15, 0.2) is 0 Å². The predicted octanol–water partition coefficient (Wildman–Crippen LogP) is 5.28. The van der Waals surface area contributed by atoms with Crippen molar-refractivity contribution in [1.82, 2.24) is 9.97 Å². The van der Waals surface area contributed by atoms with E-state index in [9.17, 15) is 13.2 Å². The van der Waals surface area contributed by atoms with Gasteiger partial charge in [0.25, 0.3) is 0 Å². The normalized spacial score (nSPS) is 11.9. The minimum absolute atomic E-state index is 0.0463. The molecule has 2 nitrogen and oxygen atoms in total. The van der Waals surface area contributed by atoms with E-state index in [4.69, 9.17) is 11.6 Å². The summed E-state index contributed by atoms with van der Waals surface area (Å²) in [7, 11) is 0. The number of para-hydroxylation sites is 1. The Bertz CT molecular complexity index is 860. The van der Waals surface area contributed by atoms with Gasteiger partial charge in [0.2, 0.25) is 0 Å². The van der Waals surface area contributed by atoms with Crippen LogP contribution in [0.2, 0.25) is 5.02 Å². The Balaban J connectivity index is 2.18. The maximum Gasteiger partial charge on any atom is 0.417 e. The molecule has 0 saturated carbocycles. The Hall–Kier alpha value is -2.14. The lowest BCUT2D eigenvalue weighted by atomic mass is 10.0. The van der Waals surface area contributed by atoms with Crippen LogP contribution < -0.4 is 0 Å². The van der Waals surface area contributed by atoms with Crippen LogP contribution in [0.1, 0.15) is 11.1 Å². The molecule has 0 radical (unpaired) electrons. The van der Waals surface area contributed by atoms with Gasteiger partial charge in [0.1, 0.15) is 0 Å². The summed E-state index contributed by atoms with van der Waals surface area (Å²) in [4.78, 5) is 8.20. The van der Waals surface area contributed by atoms with Crippen molar-refractivity contribution in [3.63, 3.8) is 0 Å². The van der Waals surface area contributed by atoms with Crippen LogP contribution in [0.3, 0.4) is 0 Å². The second-order valence-corrected chi connectivity index (χ2v) is 5.27. The highest BCUT2D eigenvalue weighted by Crippen LogP contribution is 2.35. The molecule has 0 N–H and O–H groups in total. The standard InChI is InChI=1S/C16H10ClF3N2/c1-9-11-4-2-3-5-14(11)21-8-12(9)15-13(17)6-10(7-22-15)16(18,19)20/h2-8H,1H3. The van der Waals surface area contributed by atoms with E-state index in [1.807, 2.05) is 31.2 Å². The number of pyridine rings is 2. The van der Waals surface area contributed by atoms with Gasteiger partial charge in [-0.25, -0.2) is 0 Å². The number of hydrogen-bond donors (Lipinski definition) is 0. The fraction of sp³-hybridized carbons (Fsp3) is 0.125. The molecule has 6 heteroatoms. The van der Waals surface area contributed by atoms with Gasteiger partial charge in [-0.05, 0) is 24.6 Å². The minimum atomic E-state index is -4.47. The Morgan fingerprint density at radius 1 is 1.05 bits per heavy atom. The maximum atomic E-state index is 12.7. The maximum absolute atomic E-state index is 12.7. The molecule has 0 spiro atoms. The first-order chi connectivity index (χ1) is 10.4. The molecule has 2 heterocycles. The lowest BCUT2D eigenvalue weighted by molar-refractivity contribution is -0.137. The molecule has 3 rings (SSSR count). The molecule has 112 valence electrons. The summed E-state index contributed by atoms with van der Waals surface area (Å²) in [6, 6.07) is 8.41. The molecule has 0 bridgehead atoms. The van der Waals surface area contributed by atoms with Crippen LogP contribution in [0.25, 0.3) is 22.2 Å². The molecule has 0 amide bonds. The Morgan fingerprint density at radius 2 is 1.77 bits per heavy atom. The highest BCUT2D eigenvalue weighted by molar-refractivity contribution is 6.33. The van der Waals surface area contributed by atoms with Crippen molar-refractivity contribution < 1.29 is 13.2 Å².